The van der Waals surface area contributed by atoms with Gasteiger partial charge in [-0.3, -0.25) is 48.1 Å². The number of benzene rings is 3. The Hall–Kier alpha value is -6.07. The van der Waals surface area contributed by atoms with E-state index in [2.05, 4.69) is 16.0 Å². The molecular formula is C39H45N7O9. The lowest BCUT2D eigenvalue weighted by Gasteiger charge is -2.29. The number of carbonyl (C=O) groups excluding carboxylic acids is 9. The Kier molecular flexibility index (Phi) is 14.8. The molecule has 0 fully saturated rings. The van der Waals surface area contributed by atoms with E-state index in [4.69, 9.17) is 17.2 Å². The van der Waals surface area contributed by atoms with Crippen molar-refractivity contribution in [1.29, 1.82) is 0 Å². The topological polar surface area (TPSA) is 271 Å². The smallest absolute Gasteiger partial charge is 0.242 e. The van der Waals surface area contributed by atoms with Crippen molar-refractivity contribution in [3.63, 3.8) is 0 Å². The molecule has 0 aliphatic heterocycles. The summed E-state index contributed by atoms with van der Waals surface area (Å²) in [6.45, 7) is 6.91. The van der Waals surface area contributed by atoms with E-state index in [1.54, 1.807) is 0 Å². The van der Waals surface area contributed by atoms with Crippen LogP contribution in [0.2, 0.25) is 0 Å². The van der Waals surface area contributed by atoms with E-state index in [0.29, 0.717) is 0 Å². The number of nitrogens with two attached hydrogens (primary N) is 3. The standard InChI is InChI=1S/C39H45N7O9/c1-19(47)25-7-26(20(2)48)11-31(10-25)43-37(53)34(40)16-46(17-35(41)38(54)44-32-12-27(21(3)49)8-28(13-32)22(4)50)18-36(42)39(55)45-33-14-29(23(5)51)9-30(15-33)24(6)52/h7-15,34-36H,16-18,40-42H2,1-6H3,(H,43,53)(H,44,54)(H,45,55). The molecule has 16 nitrogen and oxygen atoms in total. The molecular weight excluding hydrogens is 710 g/mol. The average Bonchev–Trinajstić information content (AvgIpc) is 3.10. The highest BCUT2D eigenvalue weighted by Gasteiger charge is 2.27. The number of nitrogens with zero attached hydrogens (tertiary/aromatic N) is 1. The van der Waals surface area contributed by atoms with Crippen LogP contribution >= 0.6 is 0 Å². The maximum Gasteiger partial charge on any atom is 0.242 e. The first-order valence-electron chi connectivity index (χ1n) is 17.1. The normalized spacial score (nSPS) is 12.5. The first-order chi connectivity index (χ1) is 25.6. The zero-order valence-electron chi connectivity index (χ0n) is 31.4. The van der Waals surface area contributed by atoms with Crippen LogP contribution in [-0.4, -0.2) is 95.1 Å². The van der Waals surface area contributed by atoms with Crippen LogP contribution in [0, 0.1) is 0 Å². The molecule has 0 aromatic heterocycles. The predicted octanol–water partition coefficient (Wildman–Crippen LogP) is 2.40. The van der Waals surface area contributed by atoms with E-state index in [0.717, 1.165) is 0 Å². The number of ketones is 6. The number of amides is 3. The Balaban J connectivity index is 1.88. The third kappa shape index (κ3) is 12.5. The molecule has 3 rings (SSSR count). The molecule has 3 aromatic rings. The van der Waals surface area contributed by atoms with Gasteiger partial charge in [0.2, 0.25) is 17.7 Å². The Morgan fingerprint density at radius 1 is 0.400 bits per heavy atom. The lowest BCUT2D eigenvalue weighted by molar-refractivity contribution is -0.118. The molecule has 0 saturated carbocycles. The van der Waals surface area contributed by atoms with E-state index >= 15 is 0 Å². The number of carbonyl (C=O) groups is 9. The quantitative estimate of drug-likeness (QED) is 0.102. The second-order valence-corrected chi connectivity index (χ2v) is 13.2. The van der Waals surface area contributed by atoms with Gasteiger partial charge in [-0.05, 0) is 96.1 Å². The maximum absolute atomic E-state index is 13.3. The Bertz CT molecular complexity index is 1750. The predicted molar refractivity (Wildman–Crippen MR) is 206 cm³/mol. The summed E-state index contributed by atoms with van der Waals surface area (Å²) < 4.78 is 0. The van der Waals surface area contributed by atoms with Gasteiger partial charge < -0.3 is 33.2 Å². The Morgan fingerprint density at radius 2 is 0.582 bits per heavy atom. The van der Waals surface area contributed by atoms with Crippen molar-refractivity contribution >= 4 is 69.5 Å². The maximum atomic E-state index is 13.3. The average molecular weight is 756 g/mol. The zero-order chi connectivity index (χ0) is 41.3. The van der Waals surface area contributed by atoms with Gasteiger partial charge in [-0.25, -0.2) is 0 Å². The van der Waals surface area contributed by atoms with E-state index in [-0.39, 0.29) is 105 Å². The molecule has 9 N–H and O–H groups in total. The summed E-state index contributed by atoms with van der Waals surface area (Å²) in [5, 5.41) is 7.76. The molecule has 290 valence electrons. The second-order valence-electron chi connectivity index (χ2n) is 13.2. The van der Waals surface area contributed by atoms with Gasteiger partial charge in [0.25, 0.3) is 0 Å². The van der Waals surface area contributed by atoms with E-state index in [1.165, 1.54) is 101 Å². The summed E-state index contributed by atoms with van der Waals surface area (Å²) in [6.07, 6.45) is 0. The number of rotatable bonds is 18. The summed E-state index contributed by atoms with van der Waals surface area (Å²) >= 11 is 0. The minimum absolute atomic E-state index is 0.132. The molecule has 55 heavy (non-hydrogen) atoms. The number of hydrogen-bond donors (Lipinski definition) is 6. The van der Waals surface area contributed by atoms with Gasteiger partial charge in [0.15, 0.2) is 34.7 Å². The molecule has 0 bridgehead atoms. The van der Waals surface area contributed by atoms with E-state index < -0.39 is 35.8 Å². The van der Waals surface area contributed by atoms with Gasteiger partial charge in [0.05, 0.1) is 18.1 Å². The number of anilines is 3. The van der Waals surface area contributed by atoms with E-state index in [9.17, 15) is 43.2 Å². The van der Waals surface area contributed by atoms with Crippen LogP contribution in [0.1, 0.15) is 104 Å². The molecule has 3 aromatic carbocycles. The van der Waals surface area contributed by atoms with Crippen LogP contribution in [0.4, 0.5) is 17.1 Å². The zero-order valence-corrected chi connectivity index (χ0v) is 31.4. The van der Waals surface area contributed by atoms with Crippen molar-refractivity contribution in [3.05, 3.63) is 88.0 Å². The largest absolute Gasteiger partial charge is 0.325 e. The van der Waals surface area contributed by atoms with Crippen LogP contribution in [0.5, 0.6) is 0 Å². The second kappa shape index (κ2) is 18.8. The highest BCUT2D eigenvalue weighted by atomic mass is 16.2. The first kappa shape index (κ1) is 43.3. The van der Waals surface area contributed by atoms with Gasteiger partial charge in [-0.1, -0.05) is 0 Å². The van der Waals surface area contributed by atoms with Gasteiger partial charge in [-0.15, -0.1) is 0 Å². The molecule has 0 saturated heterocycles. The fraction of sp³-hybridized carbons (Fsp3) is 0.308. The summed E-state index contributed by atoms with van der Waals surface area (Å²) in [5.74, 6) is -4.29. The van der Waals surface area contributed by atoms with Crippen LogP contribution in [0.25, 0.3) is 0 Å². The Labute approximate surface area is 317 Å². The molecule has 3 atom stereocenters. The molecule has 0 aliphatic rings. The van der Waals surface area contributed by atoms with Gasteiger partial charge >= 0.3 is 0 Å². The molecule has 0 radical (unpaired) electrons. The summed E-state index contributed by atoms with van der Waals surface area (Å²) in [5.41, 5.74) is 20.4. The molecule has 0 spiro atoms. The minimum Gasteiger partial charge on any atom is -0.325 e. The summed E-state index contributed by atoms with van der Waals surface area (Å²) in [4.78, 5) is 114. The summed E-state index contributed by atoms with van der Waals surface area (Å²) in [7, 11) is 0. The first-order valence-corrected chi connectivity index (χ1v) is 17.1. The van der Waals surface area contributed by atoms with Gasteiger partial charge in [0, 0.05) is 70.1 Å². The summed E-state index contributed by atoms with van der Waals surface area (Å²) in [6, 6.07) is 8.51. The highest BCUT2D eigenvalue weighted by molar-refractivity contribution is 6.05. The SMILES string of the molecule is CC(=O)c1cc(NC(=O)C(N)CN(CC(N)C(=O)Nc2cc(C(C)=O)cc(C(C)=O)c2)CC(N)C(=O)Nc2cc(C(C)=O)cc(C(C)=O)c2)cc(C(C)=O)c1. The third-order valence-corrected chi connectivity index (χ3v) is 8.42. The molecule has 0 heterocycles. The van der Waals surface area contributed by atoms with Crippen molar-refractivity contribution in [2.45, 2.75) is 59.7 Å². The molecule has 16 heteroatoms. The van der Waals surface area contributed by atoms with Crippen molar-refractivity contribution in [1.82, 2.24) is 4.90 Å². The molecule has 0 aliphatic carbocycles. The molecule has 3 amide bonds. The van der Waals surface area contributed by atoms with Crippen LogP contribution in [-0.2, 0) is 14.4 Å². The highest BCUT2D eigenvalue weighted by Crippen LogP contribution is 2.20. The van der Waals surface area contributed by atoms with Crippen LogP contribution < -0.4 is 33.2 Å². The minimum atomic E-state index is -1.33. The van der Waals surface area contributed by atoms with Crippen LogP contribution in [0.15, 0.2) is 54.6 Å². The van der Waals surface area contributed by atoms with E-state index in [1.807, 2.05) is 0 Å². The number of hydrogen-bond acceptors (Lipinski definition) is 13. The van der Waals surface area contributed by atoms with Gasteiger partial charge in [0.1, 0.15) is 0 Å². The lowest BCUT2D eigenvalue weighted by Crippen LogP contribution is -2.55. The van der Waals surface area contributed by atoms with Crippen LogP contribution in [0.3, 0.4) is 0 Å². The fourth-order valence-corrected chi connectivity index (χ4v) is 5.33. The van der Waals surface area contributed by atoms with Crippen molar-refractivity contribution in [2.24, 2.45) is 17.2 Å². The van der Waals surface area contributed by atoms with Crippen molar-refractivity contribution in [3.8, 4) is 0 Å². The number of nitrogens with one attached hydrogen (secondary N) is 3. The molecule has 3 unspecified atom stereocenters. The third-order valence-electron chi connectivity index (χ3n) is 8.42. The van der Waals surface area contributed by atoms with Gasteiger partial charge in [-0.2, -0.15) is 0 Å². The lowest BCUT2D eigenvalue weighted by atomic mass is 10.0. The fourth-order valence-electron chi connectivity index (χ4n) is 5.33. The number of Topliss-reactive ketones (excluding diaryl/α,β-unsaturated/α-hetero) is 6. The van der Waals surface area contributed by atoms with Crippen molar-refractivity contribution < 1.29 is 43.2 Å². The monoisotopic (exact) mass is 755 g/mol. The van der Waals surface area contributed by atoms with Crippen molar-refractivity contribution in [2.75, 3.05) is 35.6 Å². The Morgan fingerprint density at radius 3 is 0.745 bits per heavy atom.